The number of aromatic nitrogens is 2. The summed E-state index contributed by atoms with van der Waals surface area (Å²) in [5.41, 5.74) is 3.54. The van der Waals surface area contributed by atoms with Gasteiger partial charge in [-0.05, 0) is 47.0 Å². The van der Waals surface area contributed by atoms with Gasteiger partial charge in [-0.15, -0.1) is 0 Å². The van der Waals surface area contributed by atoms with Gasteiger partial charge in [0.1, 0.15) is 5.82 Å². The SMILES string of the molecule is N#Cc1ccc(Cc2ncc(CNC3CCN(C(=O)c4ccc5ccccc5c4)C3)[nH]2)cc1. The molecule has 3 aromatic carbocycles. The number of aromatic amines is 1. The molecule has 1 unspecified atom stereocenters. The number of nitriles is 1. The Balaban J connectivity index is 1.14. The molecule has 0 bridgehead atoms. The van der Waals surface area contributed by atoms with E-state index in [2.05, 4.69) is 27.4 Å². The van der Waals surface area contributed by atoms with Crippen molar-refractivity contribution in [3.05, 3.63) is 101 Å². The molecule has 1 atom stereocenters. The molecule has 0 radical (unpaired) electrons. The van der Waals surface area contributed by atoms with Crippen molar-refractivity contribution >= 4 is 16.7 Å². The molecule has 1 aromatic heterocycles. The highest BCUT2D eigenvalue weighted by Gasteiger charge is 2.26. The molecular formula is C27H25N5O. The van der Waals surface area contributed by atoms with Crippen molar-refractivity contribution in [2.45, 2.75) is 25.4 Å². The largest absolute Gasteiger partial charge is 0.345 e. The second-order valence-electron chi connectivity index (χ2n) is 8.52. The minimum atomic E-state index is 0.0938. The zero-order valence-electron chi connectivity index (χ0n) is 18.3. The number of nitrogens with zero attached hydrogens (tertiary/aromatic N) is 3. The van der Waals surface area contributed by atoms with E-state index >= 15 is 0 Å². The molecular weight excluding hydrogens is 410 g/mol. The van der Waals surface area contributed by atoms with Crippen LogP contribution in [0, 0.1) is 11.3 Å². The van der Waals surface area contributed by atoms with E-state index in [9.17, 15) is 4.79 Å². The Hall–Kier alpha value is -3.95. The fourth-order valence-corrected chi connectivity index (χ4v) is 4.35. The summed E-state index contributed by atoms with van der Waals surface area (Å²) in [6.45, 7) is 2.15. The summed E-state index contributed by atoms with van der Waals surface area (Å²) in [5.74, 6) is 0.993. The van der Waals surface area contributed by atoms with E-state index in [0.717, 1.165) is 46.4 Å². The maximum atomic E-state index is 13.0. The molecule has 5 rings (SSSR count). The average molecular weight is 436 g/mol. The molecule has 1 amide bonds. The van der Waals surface area contributed by atoms with Crippen molar-refractivity contribution in [2.75, 3.05) is 13.1 Å². The number of benzene rings is 3. The first-order valence-electron chi connectivity index (χ1n) is 11.2. The van der Waals surface area contributed by atoms with Crippen molar-refractivity contribution < 1.29 is 4.79 Å². The lowest BCUT2D eigenvalue weighted by molar-refractivity contribution is 0.0789. The first-order chi connectivity index (χ1) is 16.2. The Morgan fingerprint density at radius 1 is 1.12 bits per heavy atom. The van der Waals surface area contributed by atoms with E-state index in [1.54, 1.807) is 0 Å². The van der Waals surface area contributed by atoms with Crippen molar-refractivity contribution in [3.63, 3.8) is 0 Å². The number of likely N-dealkylation sites (tertiary alicyclic amines) is 1. The van der Waals surface area contributed by atoms with Gasteiger partial charge in [0.2, 0.25) is 0 Å². The van der Waals surface area contributed by atoms with Gasteiger partial charge in [0, 0.05) is 49.6 Å². The van der Waals surface area contributed by atoms with Crippen LogP contribution in [0.25, 0.3) is 10.8 Å². The molecule has 2 N–H and O–H groups in total. The number of carbonyl (C=O) groups excluding carboxylic acids is 1. The Labute approximate surface area is 192 Å². The van der Waals surface area contributed by atoms with Crippen LogP contribution in [0.3, 0.4) is 0 Å². The number of amides is 1. The lowest BCUT2D eigenvalue weighted by atomic mass is 10.1. The van der Waals surface area contributed by atoms with Crippen LogP contribution in [-0.2, 0) is 13.0 Å². The summed E-state index contributed by atoms with van der Waals surface area (Å²) in [6, 6.07) is 24.0. The summed E-state index contributed by atoms with van der Waals surface area (Å²) in [7, 11) is 0. The van der Waals surface area contributed by atoms with Crippen LogP contribution in [0.4, 0.5) is 0 Å². The number of carbonyl (C=O) groups is 1. The molecule has 33 heavy (non-hydrogen) atoms. The molecule has 0 aliphatic carbocycles. The van der Waals surface area contributed by atoms with Crippen LogP contribution < -0.4 is 5.32 Å². The molecule has 0 saturated carbocycles. The molecule has 1 aliphatic rings. The van der Waals surface area contributed by atoms with Gasteiger partial charge in [0.15, 0.2) is 0 Å². The topological polar surface area (TPSA) is 84.8 Å². The van der Waals surface area contributed by atoms with Crippen LogP contribution in [0.5, 0.6) is 0 Å². The van der Waals surface area contributed by atoms with E-state index in [0.29, 0.717) is 25.1 Å². The molecule has 2 heterocycles. The quantitative estimate of drug-likeness (QED) is 0.479. The number of imidazole rings is 1. The van der Waals surface area contributed by atoms with E-state index in [1.807, 2.05) is 71.8 Å². The Morgan fingerprint density at radius 2 is 1.94 bits per heavy atom. The van der Waals surface area contributed by atoms with Crippen molar-refractivity contribution in [1.29, 1.82) is 5.26 Å². The Kier molecular flexibility index (Phi) is 5.88. The lowest BCUT2D eigenvalue weighted by Gasteiger charge is -2.17. The highest BCUT2D eigenvalue weighted by Crippen LogP contribution is 2.19. The fraction of sp³-hybridized carbons (Fsp3) is 0.222. The Morgan fingerprint density at radius 3 is 2.76 bits per heavy atom. The zero-order valence-corrected chi connectivity index (χ0v) is 18.3. The number of fused-ring (bicyclic) bond motifs is 1. The molecule has 6 heteroatoms. The normalized spacial score (nSPS) is 15.6. The van der Waals surface area contributed by atoms with Crippen LogP contribution in [-0.4, -0.2) is 39.9 Å². The smallest absolute Gasteiger partial charge is 0.253 e. The minimum Gasteiger partial charge on any atom is -0.345 e. The molecule has 1 aliphatic heterocycles. The maximum Gasteiger partial charge on any atom is 0.253 e. The predicted molar refractivity (Wildman–Crippen MR) is 128 cm³/mol. The number of nitrogens with one attached hydrogen (secondary N) is 2. The van der Waals surface area contributed by atoms with Crippen molar-refractivity contribution in [3.8, 4) is 6.07 Å². The van der Waals surface area contributed by atoms with Gasteiger partial charge < -0.3 is 15.2 Å². The molecule has 1 fully saturated rings. The van der Waals surface area contributed by atoms with Gasteiger partial charge in [0.25, 0.3) is 5.91 Å². The van der Waals surface area contributed by atoms with Gasteiger partial charge in [0.05, 0.1) is 11.6 Å². The van der Waals surface area contributed by atoms with Gasteiger partial charge >= 0.3 is 0 Å². The van der Waals surface area contributed by atoms with Gasteiger partial charge in [-0.3, -0.25) is 4.79 Å². The van der Waals surface area contributed by atoms with E-state index in [4.69, 9.17) is 5.26 Å². The molecule has 0 spiro atoms. The summed E-state index contributed by atoms with van der Waals surface area (Å²) >= 11 is 0. The van der Waals surface area contributed by atoms with Gasteiger partial charge in [-0.1, -0.05) is 42.5 Å². The minimum absolute atomic E-state index is 0.0938. The third-order valence-electron chi connectivity index (χ3n) is 6.19. The van der Waals surface area contributed by atoms with Crippen LogP contribution in [0.2, 0.25) is 0 Å². The predicted octanol–water partition coefficient (Wildman–Crippen LogP) is 4.03. The number of H-pyrrole nitrogens is 1. The van der Waals surface area contributed by atoms with Crippen LogP contribution in [0.1, 0.15) is 39.4 Å². The highest BCUT2D eigenvalue weighted by molar-refractivity contribution is 5.98. The Bertz CT molecular complexity index is 1320. The average Bonchev–Trinajstić information content (AvgIpc) is 3.52. The van der Waals surface area contributed by atoms with E-state index < -0.39 is 0 Å². The highest BCUT2D eigenvalue weighted by atomic mass is 16.2. The maximum absolute atomic E-state index is 13.0. The van der Waals surface area contributed by atoms with Gasteiger partial charge in [-0.25, -0.2) is 4.98 Å². The summed E-state index contributed by atoms with van der Waals surface area (Å²) in [4.78, 5) is 22.8. The molecule has 1 saturated heterocycles. The monoisotopic (exact) mass is 435 g/mol. The number of rotatable bonds is 6. The second kappa shape index (κ2) is 9.27. The molecule has 4 aromatic rings. The van der Waals surface area contributed by atoms with Crippen molar-refractivity contribution in [1.82, 2.24) is 20.2 Å². The first kappa shape index (κ1) is 20.9. The summed E-state index contributed by atoms with van der Waals surface area (Å²) in [5, 5.41) is 14.7. The summed E-state index contributed by atoms with van der Waals surface area (Å²) in [6.07, 6.45) is 3.49. The first-order valence-corrected chi connectivity index (χ1v) is 11.2. The number of hydrogen-bond donors (Lipinski definition) is 2. The fourth-order valence-electron chi connectivity index (χ4n) is 4.35. The zero-order chi connectivity index (χ0) is 22.6. The summed E-state index contributed by atoms with van der Waals surface area (Å²) < 4.78 is 0. The third-order valence-corrected chi connectivity index (χ3v) is 6.19. The lowest BCUT2D eigenvalue weighted by Crippen LogP contribution is -2.35. The van der Waals surface area contributed by atoms with Crippen LogP contribution in [0.15, 0.2) is 72.9 Å². The van der Waals surface area contributed by atoms with E-state index in [1.165, 1.54) is 0 Å². The second-order valence-corrected chi connectivity index (χ2v) is 8.52. The molecule has 6 nitrogen and oxygen atoms in total. The van der Waals surface area contributed by atoms with Gasteiger partial charge in [-0.2, -0.15) is 5.26 Å². The van der Waals surface area contributed by atoms with E-state index in [-0.39, 0.29) is 11.9 Å². The number of hydrogen-bond acceptors (Lipinski definition) is 4. The van der Waals surface area contributed by atoms with Crippen molar-refractivity contribution in [2.24, 2.45) is 0 Å². The molecule has 164 valence electrons. The van der Waals surface area contributed by atoms with Crippen LogP contribution >= 0.6 is 0 Å². The standard InChI is InChI=1S/C27H25N5O/c28-15-20-7-5-19(6-8-20)13-26-30-17-25(31-26)16-29-24-11-12-32(18-24)27(33)23-10-9-21-3-1-2-4-22(21)14-23/h1-10,14,17,24,29H,11-13,16,18H2,(H,30,31). The third kappa shape index (κ3) is 4.79.